The molecule has 0 atom stereocenters. The third-order valence-corrected chi connectivity index (χ3v) is 3.90. The summed E-state index contributed by atoms with van der Waals surface area (Å²) < 4.78 is 14.0. The molecule has 0 amide bonds. The molecule has 0 bridgehead atoms. The molecular weight excluding hydrogens is 275 g/mol. The van der Waals surface area contributed by atoms with Gasteiger partial charge in [-0.05, 0) is 30.3 Å². The molecule has 2 N–H and O–H groups in total. The maximum Gasteiger partial charge on any atom is 0.207 e. The number of halogens is 1. The summed E-state index contributed by atoms with van der Waals surface area (Å²) in [7, 11) is 0. The Hall–Kier alpha value is -2.47. The van der Waals surface area contributed by atoms with Gasteiger partial charge in [-0.3, -0.25) is 0 Å². The smallest absolute Gasteiger partial charge is 0.207 e. The summed E-state index contributed by atoms with van der Waals surface area (Å²) >= 11 is 1.39. The van der Waals surface area contributed by atoms with Crippen molar-refractivity contribution >= 4 is 43.7 Å². The number of benzene rings is 2. The second-order valence-electron chi connectivity index (χ2n) is 4.36. The van der Waals surface area contributed by atoms with Crippen LogP contribution in [0.4, 0.5) is 15.5 Å². The summed E-state index contributed by atoms with van der Waals surface area (Å²) in [6, 6.07) is 12.3. The first-order valence-electron chi connectivity index (χ1n) is 6.06. The lowest BCUT2D eigenvalue weighted by Crippen LogP contribution is -1.90. The highest BCUT2D eigenvalue weighted by Gasteiger charge is 2.07. The molecule has 0 radical (unpaired) electrons. The number of nitrogens with zero attached hydrogens (tertiary/aromatic N) is 2. The molecular formula is C14H9FN4S. The zero-order valence-electron chi connectivity index (χ0n) is 10.2. The second kappa shape index (κ2) is 4.28. The number of H-pyrrole nitrogens is 1. The molecule has 0 aliphatic heterocycles. The SMILES string of the molecule is Fc1ccc2nc(Nc3nc4ccccc4[nH]3)sc2c1. The van der Waals surface area contributed by atoms with E-state index >= 15 is 0 Å². The van der Waals surface area contributed by atoms with Gasteiger partial charge in [0.1, 0.15) is 5.82 Å². The molecule has 0 saturated heterocycles. The number of aromatic nitrogens is 3. The van der Waals surface area contributed by atoms with E-state index in [4.69, 9.17) is 0 Å². The average Bonchev–Trinajstić information content (AvgIpc) is 3.00. The maximum atomic E-state index is 13.2. The molecule has 6 heteroatoms. The standard InChI is InChI=1S/C14H9FN4S/c15-8-5-6-11-12(7-8)20-14(18-11)19-13-16-9-3-1-2-4-10(9)17-13/h1-7H,(H2,16,17,18,19). The number of anilines is 2. The Balaban J connectivity index is 1.72. The molecule has 0 aliphatic carbocycles. The first-order valence-corrected chi connectivity index (χ1v) is 6.87. The van der Waals surface area contributed by atoms with Gasteiger partial charge in [-0.25, -0.2) is 14.4 Å². The Labute approximate surface area is 117 Å². The highest BCUT2D eigenvalue weighted by Crippen LogP contribution is 2.28. The Morgan fingerprint density at radius 3 is 2.85 bits per heavy atom. The van der Waals surface area contributed by atoms with Gasteiger partial charge in [0.05, 0.1) is 21.3 Å². The minimum absolute atomic E-state index is 0.253. The molecule has 98 valence electrons. The van der Waals surface area contributed by atoms with Crippen molar-refractivity contribution in [1.29, 1.82) is 0 Å². The van der Waals surface area contributed by atoms with Crippen LogP contribution in [-0.4, -0.2) is 15.0 Å². The van der Waals surface area contributed by atoms with Crippen molar-refractivity contribution in [1.82, 2.24) is 15.0 Å². The molecule has 4 aromatic rings. The number of thiazole rings is 1. The third kappa shape index (κ3) is 1.90. The minimum atomic E-state index is -0.253. The van der Waals surface area contributed by atoms with Gasteiger partial charge in [-0.1, -0.05) is 23.5 Å². The first kappa shape index (κ1) is 11.4. The third-order valence-electron chi connectivity index (χ3n) is 2.97. The summed E-state index contributed by atoms with van der Waals surface area (Å²) in [6.45, 7) is 0. The van der Waals surface area contributed by atoms with Gasteiger partial charge < -0.3 is 10.3 Å². The molecule has 0 spiro atoms. The van der Waals surface area contributed by atoms with E-state index < -0.39 is 0 Å². The minimum Gasteiger partial charge on any atom is -0.324 e. The predicted octanol–water partition coefficient (Wildman–Crippen LogP) is 4.06. The fourth-order valence-corrected chi connectivity index (χ4v) is 2.95. The number of rotatable bonds is 2. The molecule has 2 aromatic heterocycles. The van der Waals surface area contributed by atoms with E-state index in [-0.39, 0.29) is 5.82 Å². The van der Waals surface area contributed by atoms with Crippen LogP contribution in [-0.2, 0) is 0 Å². The highest BCUT2D eigenvalue weighted by molar-refractivity contribution is 7.22. The largest absolute Gasteiger partial charge is 0.324 e. The van der Waals surface area contributed by atoms with Crippen molar-refractivity contribution in [3.05, 3.63) is 48.3 Å². The van der Waals surface area contributed by atoms with Crippen molar-refractivity contribution in [2.24, 2.45) is 0 Å². The van der Waals surface area contributed by atoms with Gasteiger partial charge in [-0.2, -0.15) is 0 Å². The van der Waals surface area contributed by atoms with Crippen LogP contribution in [0.25, 0.3) is 21.3 Å². The monoisotopic (exact) mass is 284 g/mol. The van der Waals surface area contributed by atoms with Crippen molar-refractivity contribution in [3.8, 4) is 0 Å². The molecule has 2 heterocycles. The lowest BCUT2D eigenvalue weighted by molar-refractivity contribution is 0.630. The van der Waals surface area contributed by atoms with E-state index in [1.807, 2.05) is 24.3 Å². The quantitative estimate of drug-likeness (QED) is 0.583. The fraction of sp³-hybridized carbons (Fsp3) is 0. The molecule has 20 heavy (non-hydrogen) atoms. The Morgan fingerprint density at radius 1 is 1.05 bits per heavy atom. The zero-order valence-corrected chi connectivity index (χ0v) is 11.0. The zero-order chi connectivity index (χ0) is 13.5. The van der Waals surface area contributed by atoms with E-state index in [0.717, 1.165) is 21.3 Å². The van der Waals surface area contributed by atoms with Crippen molar-refractivity contribution in [2.75, 3.05) is 5.32 Å². The highest BCUT2D eigenvalue weighted by atomic mass is 32.1. The van der Waals surface area contributed by atoms with Crippen LogP contribution in [0.5, 0.6) is 0 Å². The van der Waals surface area contributed by atoms with Crippen molar-refractivity contribution in [2.45, 2.75) is 0 Å². The predicted molar refractivity (Wildman–Crippen MR) is 79.0 cm³/mol. The normalized spacial score (nSPS) is 11.2. The van der Waals surface area contributed by atoms with E-state index in [0.29, 0.717) is 11.1 Å². The number of para-hydroxylation sites is 2. The summed E-state index contributed by atoms with van der Waals surface area (Å²) in [4.78, 5) is 12.0. The molecule has 4 nitrogen and oxygen atoms in total. The molecule has 0 fully saturated rings. The number of nitrogens with one attached hydrogen (secondary N) is 2. The lowest BCUT2D eigenvalue weighted by Gasteiger charge is -1.94. The topological polar surface area (TPSA) is 53.6 Å². The van der Waals surface area contributed by atoms with Crippen LogP contribution in [0.3, 0.4) is 0 Å². The summed E-state index contributed by atoms with van der Waals surface area (Å²) in [6.07, 6.45) is 0. The molecule has 0 unspecified atom stereocenters. The Kier molecular flexibility index (Phi) is 2.43. The first-order chi connectivity index (χ1) is 9.78. The number of fused-ring (bicyclic) bond motifs is 2. The number of hydrogen-bond acceptors (Lipinski definition) is 4. The second-order valence-corrected chi connectivity index (χ2v) is 5.39. The molecule has 4 rings (SSSR count). The van der Waals surface area contributed by atoms with Crippen molar-refractivity contribution < 1.29 is 4.39 Å². The summed E-state index contributed by atoms with van der Waals surface area (Å²) in [5, 5.41) is 3.81. The summed E-state index contributed by atoms with van der Waals surface area (Å²) in [5.74, 6) is 0.377. The Morgan fingerprint density at radius 2 is 1.95 bits per heavy atom. The van der Waals surface area contributed by atoms with Gasteiger partial charge in [-0.15, -0.1) is 0 Å². The van der Waals surface area contributed by atoms with Crippen LogP contribution in [0.1, 0.15) is 0 Å². The van der Waals surface area contributed by atoms with Gasteiger partial charge in [0.15, 0.2) is 5.13 Å². The number of imidazole rings is 1. The van der Waals surface area contributed by atoms with Crippen LogP contribution in [0.15, 0.2) is 42.5 Å². The van der Waals surface area contributed by atoms with E-state index in [1.54, 1.807) is 6.07 Å². The van der Waals surface area contributed by atoms with Gasteiger partial charge in [0.25, 0.3) is 0 Å². The van der Waals surface area contributed by atoms with Gasteiger partial charge in [0, 0.05) is 0 Å². The van der Waals surface area contributed by atoms with Crippen LogP contribution >= 0.6 is 11.3 Å². The summed E-state index contributed by atoms with van der Waals surface area (Å²) in [5.41, 5.74) is 2.62. The van der Waals surface area contributed by atoms with E-state index in [9.17, 15) is 4.39 Å². The van der Waals surface area contributed by atoms with E-state index in [1.165, 1.54) is 23.5 Å². The van der Waals surface area contributed by atoms with Crippen LogP contribution in [0.2, 0.25) is 0 Å². The number of hydrogen-bond donors (Lipinski definition) is 2. The maximum absolute atomic E-state index is 13.2. The van der Waals surface area contributed by atoms with E-state index in [2.05, 4.69) is 20.3 Å². The molecule has 0 aliphatic rings. The molecule has 0 saturated carbocycles. The van der Waals surface area contributed by atoms with Crippen molar-refractivity contribution in [3.63, 3.8) is 0 Å². The lowest BCUT2D eigenvalue weighted by atomic mass is 10.3. The van der Waals surface area contributed by atoms with Crippen LogP contribution < -0.4 is 5.32 Å². The van der Waals surface area contributed by atoms with Crippen LogP contribution in [0, 0.1) is 5.82 Å². The molecule has 2 aromatic carbocycles. The fourth-order valence-electron chi connectivity index (χ4n) is 2.07. The van der Waals surface area contributed by atoms with Gasteiger partial charge >= 0.3 is 0 Å². The average molecular weight is 284 g/mol. The van der Waals surface area contributed by atoms with Gasteiger partial charge in [0.2, 0.25) is 5.95 Å². The Bertz CT molecular complexity index is 879. The number of aromatic amines is 1.